The van der Waals surface area contributed by atoms with Crippen molar-refractivity contribution in [2.45, 2.75) is 0 Å². The zero-order valence-electron chi connectivity index (χ0n) is 13.0. The second-order valence-corrected chi connectivity index (χ2v) is 6.38. The molecule has 3 aromatic rings. The number of furan rings is 1. The monoisotopic (exact) mass is 410 g/mol. The van der Waals surface area contributed by atoms with E-state index in [0.717, 1.165) is 0 Å². The van der Waals surface area contributed by atoms with E-state index in [1.54, 1.807) is 18.2 Å². The van der Waals surface area contributed by atoms with Gasteiger partial charge in [-0.15, -0.1) is 0 Å². The summed E-state index contributed by atoms with van der Waals surface area (Å²) in [7, 11) is 0. The van der Waals surface area contributed by atoms with E-state index in [9.17, 15) is 9.18 Å². The van der Waals surface area contributed by atoms with Crippen LogP contribution in [-0.2, 0) is 0 Å². The molecule has 3 rings (SSSR count). The molecular formula is C18H10Cl3FN2O2. The molecule has 26 heavy (non-hydrogen) atoms. The van der Waals surface area contributed by atoms with E-state index in [0.29, 0.717) is 32.2 Å². The van der Waals surface area contributed by atoms with Gasteiger partial charge in [0.1, 0.15) is 17.3 Å². The number of carbonyl (C=O) groups is 1. The molecule has 1 aromatic heterocycles. The van der Waals surface area contributed by atoms with Crippen LogP contribution in [0.15, 0.2) is 58.0 Å². The maximum atomic E-state index is 12.8. The Bertz CT molecular complexity index is 985. The highest BCUT2D eigenvalue weighted by Gasteiger charge is 2.11. The number of nitrogens with one attached hydrogen (secondary N) is 1. The maximum Gasteiger partial charge on any atom is 0.271 e. The van der Waals surface area contributed by atoms with Crippen molar-refractivity contribution < 1.29 is 13.6 Å². The summed E-state index contributed by atoms with van der Waals surface area (Å²) < 4.78 is 18.5. The number of carbonyl (C=O) groups excluding carboxylic acids is 1. The molecule has 1 amide bonds. The molecular weight excluding hydrogens is 402 g/mol. The van der Waals surface area contributed by atoms with E-state index in [4.69, 9.17) is 39.2 Å². The third-order valence-electron chi connectivity index (χ3n) is 3.37. The summed E-state index contributed by atoms with van der Waals surface area (Å²) in [5.41, 5.74) is 3.19. The average Bonchev–Trinajstić information content (AvgIpc) is 3.07. The van der Waals surface area contributed by atoms with Crippen LogP contribution in [0.1, 0.15) is 16.1 Å². The Balaban J connectivity index is 1.70. The lowest BCUT2D eigenvalue weighted by Crippen LogP contribution is -2.17. The van der Waals surface area contributed by atoms with E-state index in [1.807, 2.05) is 0 Å². The lowest BCUT2D eigenvalue weighted by molar-refractivity contribution is 0.0955. The molecule has 0 atom stereocenters. The van der Waals surface area contributed by atoms with Crippen LogP contribution in [0.4, 0.5) is 4.39 Å². The fourth-order valence-corrected chi connectivity index (χ4v) is 2.74. The lowest BCUT2D eigenvalue weighted by Gasteiger charge is -2.03. The highest BCUT2D eigenvalue weighted by molar-refractivity contribution is 6.44. The van der Waals surface area contributed by atoms with Gasteiger partial charge in [-0.25, -0.2) is 9.82 Å². The fraction of sp³-hybridized carbons (Fsp3) is 0. The molecule has 0 saturated carbocycles. The predicted octanol–water partition coefficient (Wildman–Crippen LogP) is 5.81. The minimum atomic E-state index is -0.472. The van der Waals surface area contributed by atoms with Crippen LogP contribution in [0.2, 0.25) is 15.1 Å². The molecule has 1 N–H and O–H groups in total. The topological polar surface area (TPSA) is 54.6 Å². The molecule has 1 heterocycles. The number of hydrogen-bond acceptors (Lipinski definition) is 3. The smallest absolute Gasteiger partial charge is 0.271 e. The molecule has 0 aliphatic carbocycles. The van der Waals surface area contributed by atoms with Crippen molar-refractivity contribution >= 4 is 46.9 Å². The predicted molar refractivity (Wildman–Crippen MR) is 101 cm³/mol. The zero-order valence-corrected chi connectivity index (χ0v) is 15.2. The number of hydrazone groups is 1. The summed E-state index contributed by atoms with van der Waals surface area (Å²) in [5, 5.41) is 4.90. The highest BCUT2D eigenvalue weighted by Crippen LogP contribution is 2.35. The van der Waals surface area contributed by atoms with E-state index in [-0.39, 0.29) is 5.56 Å². The van der Waals surface area contributed by atoms with Crippen LogP contribution in [-0.4, -0.2) is 12.1 Å². The molecule has 0 spiro atoms. The summed E-state index contributed by atoms with van der Waals surface area (Å²) >= 11 is 18.1. The van der Waals surface area contributed by atoms with Gasteiger partial charge in [0.15, 0.2) is 0 Å². The van der Waals surface area contributed by atoms with Gasteiger partial charge in [0.25, 0.3) is 5.91 Å². The minimum Gasteiger partial charge on any atom is -0.455 e. The fourth-order valence-electron chi connectivity index (χ4n) is 2.10. The number of amides is 1. The normalized spacial score (nSPS) is 11.1. The standard InChI is InChI=1S/C18H10Cl3FN2O2/c19-14-8-16(21)15(20)7-13(14)17-6-5-12(26-17)9-23-24-18(25)10-1-3-11(22)4-2-10/h1-9H,(H,24,25)/b23-9-. The van der Waals surface area contributed by atoms with Gasteiger partial charge in [-0.1, -0.05) is 34.8 Å². The first-order valence-corrected chi connectivity index (χ1v) is 8.41. The van der Waals surface area contributed by atoms with Gasteiger partial charge in [-0.2, -0.15) is 5.10 Å². The van der Waals surface area contributed by atoms with E-state index >= 15 is 0 Å². The number of hydrogen-bond donors (Lipinski definition) is 1. The molecule has 0 unspecified atom stereocenters. The summed E-state index contributed by atoms with van der Waals surface area (Å²) in [5.74, 6) is -0.0314. The van der Waals surface area contributed by atoms with E-state index < -0.39 is 11.7 Å². The first-order valence-electron chi connectivity index (χ1n) is 7.28. The zero-order chi connectivity index (χ0) is 18.7. The maximum absolute atomic E-state index is 12.8. The third-order valence-corrected chi connectivity index (χ3v) is 4.40. The molecule has 8 heteroatoms. The third kappa shape index (κ3) is 4.25. The molecule has 2 aromatic carbocycles. The van der Waals surface area contributed by atoms with Crippen LogP contribution >= 0.6 is 34.8 Å². The molecule has 0 saturated heterocycles. The van der Waals surface area contributed by atoms with Gasteiger partial charge in [0, 0.05) is 11.1 Å². The molecule has 0 aliphatic rings. The molecule has 0 radical (unpaired) electrons. The van der Waals surface area contributed by atoms with Crippen molar-refractivity contribution in [1.29, 1.82) is 0 Å². The van der Waals surface area contributed by atoms with Crippen molar-refractivity contribution in [2.75, 3.05) is 0 Å². The quantitative estimate of drug-likeness (QED) is 0.334. The van der Waals surface area contributed by atoms with Crippen molar-refractivity contribution in [2.24, 2.45) is 5.10 Å². The Labute approximate surface area is 163 Å². The summed E-state index contributed by atoms with van der Waals surface area (Å²) in [4.78, 5) is 11.9. The largest absolute Gasteiger partial charge is 0.455 e. The number of halogens is 4. The number of nitrogens with zero attached hydrogens (tertiary/aromatic N) is 1. The Kier molecular flexibility index (Phi) is 5.61. The van der Waals surface area contributed by atoms with Crippen molar-refractivity contribution in [1.82, 2.24) is 5.43 Å². The van der Waals surface area contributed by atoms with Crippen molar-refractivity contribution in [3.05, 3.63) is 80.7 Å². The van der Waals surface area contributed by atoms with Crippen LogP contribution in [0.25, 0.3) is 11.3 Å². The van der Waals surface area contributed by atoms with Gasteiger partial charge >= 0.3 is 0 Å². The van der Waals surface area contributed by atoms with Gasteiger partial charge in [-0.3, -0.25) is 4.79 Å². The second kappa shape index (κ2) is 7.91. The minimum absolute atomic E-state index is 0.284. The van der Waals surface area contributed by atoms with Crippen LogP contribution in [0.5, 0.6) is 0 Å². The Morgan fingerprint density at radius 1 is 1.00 bits per heavy atom. The molecule has 0 fully saturated rings. The van der Waals surface area contributed by atoms with Gasteiger partial charge in [0.2, 0.25) is 0 Å². The van der Waals surface area contributed by atoms with Gasteiger partial charge in [0.05, 0.1) is 21.3 Å². The molecule has 4 nitrogen and oxygen atoms in total. The lowest BCUT2D eigenvalue weighted by atomic mass is 10.2. The van der Waals surface area contributed by atoms with Crippen molar-refractivity contribution in [3.63, 3.8) is 0 Å². The van der Waals surface area contributed by atoms with Crippen molar-refractivity contribution in [3.8, 4) is 11.3 Å². The van der Waals surface area contributed by atoms with E-state index in [1.165, 1.54) is 36.5 Å². The van der Waals surface area contributed by atoms with Crippen LogP contribution in [0, 0.1) is 5.82 Å². The molecule has 0 bridgehead atoms. The highest BCUT2D eigenvalue weighted by atomic mass is 35.5. The average molecular weight is 412 g/mol. The second-order valence-electron chi connectivity index (χ2n) is 5.15. The first-order chi connectivity index (χ1) is 12.4. The number of benzene rings is 2. The summed E-state index contributed by atoms with van der Waals surface area (Å²) in [6.45, 7) is 0. The Hall–Kier alpha value is -2.34. The van der Waals surface area contributed by atoms with Crippen LogP contribution < -0.4 is 5.43 Å². The van der Waals surface area contributed by atoms with Gasteiger partial charge < -0.3 is 4.42 Å². The Morgan fingerprint density at radius 2 is 1.69 bits per heavy atom. The number of rotatable bonds is 4. The van der Waals surface area contributed by atoms with Gasteiger partial charge in [-0.05, 0) is 48.5 Å². The SMILES string of the molecule is O=C(N/N=C\c1ccc(-c2cc(Cl)c(Cl)cc2Cl)o1)c1ccc(F)cc1. The summed E-state index contributed by atoms with van der Waals surface area (Å²) in [6.07, 6.45) is 1.33. The van der Waals surface area contributed by atoms with Crippen LogP contribution in [0.3, 0.4) is 0 Å². The molecule has 0 aliphatic heterocycles. The molecule has 132 valence electrons. The Morgan fingerprint density at radius 3 is 2.42 bits per heavy atom. The van der Waals surface area contributed by atoms with E-state index in [2.05, 4.69) is 10.5 Å². The summed E-state index contributed by atoms with van der Waals surface area (Å²) in [6, 6.07) is 11.6. The first kappa shape index (κ1) is 18.5.